The summed E-state index contributed by atoms with van der Waals surface area (Å²) in [5, 5.41) is 0. The Kier molecular flexibility index (Phi) is 3.61. The van der Waals surface area contributed by atoms with Crippen LogP contribution >= 0.6 is 0 Å². The summed E-state index contributed by atoms with van der Waals surface area (Å²) in [5.74, 6) is 0. The molecule has 1 fully saturated rings. The third-order valence-electron chi connectivity index (χ3n) is 3.13. The minimum absolute atomic E-state index is 0.158. The highest BCUT2D eigenvalue weighted by atomic mass is 32.2. The van der Waals surface area contributed by atoms with E-state index in [0.29, 0.717) is 30.9 Å². The predicted octanol–water partition coefficient (Wildman–Crippen LogP) is 0.953. The predicted molar refractivity (Wildman–Crippen MR) is 69.9 cm³/mol. The zero-order valence-corrected chi connectivity index (χ0v) is 11.4. The Balaban J connectivity index is 2.37. The number of anilines is 1. The molecule has 0 saturated carbocycles. The van der Waals surface area contributed by atoms with Gasteiger partial charge in [-0.1, -0.05) is 12.1 Å². The highest BCUT2D eigenvalue weighted by molar-refractivity contribution is 7.89. The summed E-state index contributed by atoms with van der Waals surface area (Å²) in [4.78, 5) is 0.189. The average Bonchev–Trinajstić information content (AvgIpc) is 2.75. The third-order valence-corrected chi connectivity index (χ3v) is 4.85. The van der Waals surface area contributed by atoms with Crippen LogP contribution in [0.25, 0.3) is 0 Å². The first-order chi connectivity index (χ1) is 8.42. The van der Waals surface area contributed by atoms with Crippen molar-refractivity contribution in [1.82, 2.24) is 4.72 Å². The Hall–Kier alpha value is -1.11. The van der Waals surface area contributed by atoms with Gasteiger partial charge in [0.15, 0.2) is 0 Å². The van der Waals surface area contributed by atoms with Crippen LogP contribution in [0.15, 0.2) is 17.0 Å². The standard InChI is InChI=1S/C12H18N2O3S/c1-8-3-4-9(2)12(11(8)13)18(15,16)14-10-5-6-17-7-10/h3-4,10,14H,5-7,13H2,1-2H3. The van der Waals surface area contributed by atoms with Crippen molar-refractivity contribution in [2.24, 2.45) is 0 Å². The SMILES string of the molecule is Cc1ccc(C)c(S(=O)(=O)NC2CCOC2)c1N. The Bertz CT molecular complexity index is 549. The molecule has 0 spiro atoms. The van der Waals surface area contributed by atoms with Gasteiger partial charge in [0.05, 0.1) is 12.3 Å². The van der Waals surface area contributed by atoms with Crippen molar-refractivity contribution in [3.63, 3.8) is 0 Å². The quantitative estimate of drug-likeness (QED) is 0.801. The molecule has 1 aliphatic heterocycles. The van der Waals surface area contributed by atoms with Gasteiger partial charge < -0.3 is 10.5 Å². The van der Waals surface area contributed by atoms with Gasteiger partial charge in [-0.05, 0) is 31.4 Å². The maximum Gasteiger partial charge on any atom is 0.243 e. The van der Waals surface area contributed by atoms with E-state index in [1.165, 1.54) is 0 Å². The molecule has 0 bridgehead atoms. The van der Waals surface area contributed by atoms with E-state index in [4.69, 9.17) is 10.5 Å². The number of nitrogen functional groups attached to an aromatic ring is 1. The molecule has 1 unspecified atom stereocenters. The second-order valence-electron chi connectivity index (χ2n) is 4.62. The van der Waals surface area contributed by atoms with Crippen LogP contribution in [0.1, 0.15) is 17.5 Å². The summed E-state index contributed by atoms with van der Waals surface area (Å²) in [5.41, 5.74) is 7.64. The normalized spacial score (nSPS) is 20.2. The van der Waals surface area contributed by atoms with Crippen molar-refractivity contribution in [2.45, 2.75) is 31.2 Å². The lowest BCUT2D eigenvalue weighted by Gasteiger charge is -2.16. The van der Waals surface area contributed by atoms with Crippen LogP contribution in [-0.2, 0) is 14.8 Å². The zero-order chi connectivity index (χ0) is 13.3. The van der Waals surface area contributed by atoms with Crippen LogP contribution in [0.2, 0.25) is 0 Å². The Morgan fingerprint density at radius 1 is 1.33 bits per heavy atom. The van der Waals surface area contributed by atoms with Crippen LogP contribution < -0.4 is 10.5 Å². The fourth-order valence-electron chi connectivity index (χ4n) is 2.07. The number of rotatable bonds is 3. The summed E-state index contributed by atoms with van der Waals surface area (Å²) >= 11 is 0. The topological polar surface area (TPSA) is 81.4 Å². The molecule has 100 valence electrons. The number of nitrogens with two attached hydrogens (primary N) is 1. The lowest BCUT2D eigenvalue weighted by atomic mass is 10.1. The van der Waals surface area contributed by atoms with Gasteiger partial charge in [-0.25, -0.2) is 13.1 Å². The van der Waals surface area contributed by atoms with E-state index in [-0.39, 0.29) is 10.9 Å². The number of nitrogens with one attached hydrogen (secondary N) is 1. The van der Waals surface area contributed by atoms with E-state index in [1.54, 1.807) is 19.9 Å². The van der Waals surface area contributed by atoms with Gasteiger partial charge in [-0.3, -0.25) is 0 Å². The monoisotopic (exact) mass is 270 g/mol. The summed E-state index contributed by atoms with van der Waals surface area (Å²) in [6, 6.07) is 3.43. The van der Waals surface area contributed by atoms with Crippen molar-refractivity contribution >= 4 is 15.7 Å². The van der Waals surface area contributed by atoms with Gasteiger partial charge in [0.1, 0.15) is 4.90 Å². The molecule has 5 nitrogen and oxygen atoms in total. The lowest BCUT2D eigenvalue weighted by molar-refractivity contribution is 0.192. The van der Waals surface area contributed by atoms with Crippen LogP contribution in [0, 0.1) is 13.8 Å². The molecule has 1 heterocycles. The van der Waals surface area contributed by atoms with Crippen molar-refractivity contribution in [2.75, 3.05) is 18.9 Å². The van der Waals surface area contributed by atoms with Gasteiger partial charge in [0.2, 0.25) is 10.0 Å². The van der Waals surface area contributed by atoms with Gasteiger partial charge in [0.25, 0.3) is 0 Å². The molecular formula is C12H18N2O3S. The number of benzene rings is 1. The van der Waals surface area contributed by atoms with Crippen molar-refractivity contribution in [3.05, 3.63) is 23.3 Å². The molecular weight excluding hydrogens is 252 g/mol. The van der Waals surface area contributed by atoms with Crippen molar-refractivity contribution in [3.8, 4) is 0 Å². The molecule has 1 aliphatic rings. The minimum Gasteiger partial charge on any atom is -0.397 e. The summed E-state index contributed by atoms with van der Waals surface area (Å²) in [7, 11) is -3.58. The molecule has 0 radical (unpaired) electrons. The van der Waals surface area contributed by atoms with Gasteiger partial charge in [-0.2, -0.15) is 0 Å². The van der Waals surface area contributed by atoms with Crippen LogP contribution in [0.3, 0.4) is 0 Å². The van der Waals surface area contributed by atoms with Gasteiger partial charge in [0, 0.05) is 12.6 Å². The molecule has 1 aromatic carbocycles. The van der Waals surface area contributed by atoms with Gasteiger partial charge >= 0.3 is 0 Å². The van der Waals surface area contributed by atoms with Crippen molar-refractivity contribution < 1.29 is 13.2 Å². The molecule has 1 atom stereocenters. The molecule has 6 heteroatoms. The summed E-state index contributed by atoms with van der Waals surface area (Å²) in [6.07, 6.45) is 0.698. The first-order valence-corrected chi connectivity index (χ1v) is 7.36. The zero-order valence-electron chi connectivity index (χ0n) is 10.6. The van der Waals surface area contributed by atoms with E-state index in [9.17, 15) is 8.42 Å². The van der Waals surface area contributed by atoms with E-state index in [1.807, 2.05) is 6.07 Å². The van der Waals surface area contributed by atoms with E-state index in [0.717, 1.165) is 5.56 Å². The maximum atomic E-state index is 12.3. The van der Waals surface area contributed by atoms with Crippen LogP contribution in [0.5, 0.6) is 0 Å². The van der Waals surface area contributed by atoms with Crippen molar-refractivity contribution in [1.29, 1.82) is 0 Å². The Morgan fingerprint density at radius 2 is 2.00 bits per heavy atom. The van der Waals surface area contributed by atoms with Crippen LogP contribution in [0.4, 0.5) is 5.69 Å². The molecule has 1 aromatic rings. The summed E-state index contributed by atoms with van der Waals surface area (Å²) in [6.45, 7) is 4.56. The molecule has 1 saturated heterocycles. The number of hydrogen-bond donors (Lipinski definition) is 2. The fourth-order valence-corrected chi connectivity index (χ4v) is 3.75. The number of aryl methyl sites for hydroxylation is 2. The fraction of sp³-hybridized carbons (Fsp3) is 0.500. The lowest BCUT2D eigenvalue weighted by Crippen LogP contribution is -2.35. The maximum absolute atomic E-state index is 12.3. The molecule has 18 heavy (non-hydrogen) atoms. The van der Waals surface area contributed by atoms with E-state index < -0.39 is 10.0 Å². The number of sulfonamides is 1. The highest BCUT2D eigenvalue weighted by Gasteiger charge is 2.26. The number of ether oxygens (including phenoxy) is 1. The molecule has 0 aromatic heterocycles. The third kappa shape index (κ3) is 2.50. The molecule has 3 N–H and O–H groups in total. The molecule has 2 rings (SSSR count). The summed E-state index contributed by atoms with van der Waals surface area (Å²) < 4.78 is 32.5. The Morgan fingerprint density at radius 3 is 2.61 bits per heavy atom. The second-order valence-corrected chi connectivity index (χ2v) is 6.27. The first kappa shape index (κ1) is 13.3. The van der Waals surface area contributed by atoms with E-state index >= 15 is 0 Å². The van der Waals surface area contributed by atoms with Crippen LogP contribution in [-0.4, -0.2) is 27.7 Å². The second kappa shape index (κ2) is 4.87. The van der Waals surface area contributed by atoms with Gasteiger partial charge in [-0.15, -0.1) is 0 Å². The van der Waals surface area contributed by atoms with E-state index in [2.05, 4.69) is 4.72 Å². The molecule has 0 aliphatic carbocycles. The highest BCUT2D eigenvalue weighted by Crippen LogP contribution is 2.26. The molecule has 0 amide bonds. The number of hydrogen-bond acceptors (Lipinski definition) is 4. The Labute approximate surface area is 107 Å². The first-order valence-electron chi connectivity index (χ1n) is 5.87. The average molecular weight is 270 g/mol. The largest absolute Gasteiger partial charge is 0.397 e. The minimum atomic E-state index is -3.58. The smallest absolute Gasteiger partial charge is 0.243 e.